The van der Waals surface area contributed by atoms with Gasteiger partial charge in [-0.05, 0) is 48.7 Å². The minimum absolute atomic E-state index is 0.0439. The summed E-state index contributed by atoms with van der Waals surface area (Å²) >= 11 is 1.22. The Bertz CT molecular complexity index is 1480. The number of ketones is 1. The van der Waals surface area contributed by atoms with Crippen LogP contribution in [0.5, 0.6) is 0 Å². The van der Waals surface area contributed by atoms with E-state index >= 15 is 0 Å². The molecule has 0 aliphatic carbocycles. The predicted octanol–water partition coefficient (Wildman–Crippen LogP) is 6.60. The monoisotopic (exact) mass is 498 g/mol. The molecule has 0 spiro atoms. The van der Waals surface area contributed by atoms with Gasteiger partial charge in [-0.3, -0.25) is 14.5 Å². The van der Waals surface area contributed by atoms with Crippen molar-refractivity contribution in [3.63, 3.8) is 0 Å². The highest BCUT2D eigenvalue weighted by atomic mass is 32.1. The number of rotatable bonds is 6. The molecule has 0 saturated heterocycles. The summed E-state index contributed by atoms with van der Waals surface area (Å²) in [6.07, 6.45) is 0.831. The fourth-order valence-corrected chi connectivity index (χ4v) is 5.42. The summed E-state index contributed by atoms with van der Waals surface area (Å²) in [5.41, 5.74) is 3.48. The van der Waals surface area contributed by atoms with E-state index in [2.05, 4.69) is 4.98 Å². The number of nitrogens with zero attached hydrogens (tertiary/aromatic N) is 2. The first-order valence-corrected chi connectivity index (χ1v) is 12.4. The molecule has 1 N–H and O–H groups in total. The number of halogens is 1. The maximum absolute atomic E-state index is 13.9. The van der Waals surface area contributed by atoms with Crippen molar-refractivity contribution < 1.29 is 19.1 Å². The van der Waals surface area contributed by atoms with Crippen molar-refractivity contribution in [2.45, 2.75) is 26.3 Å². The zero-order valence-electron chi connectivity index (χ0n) is 19.7. The molecule has 1 aliphatic heterocycles. The normalized spacial score (nSPS) is 15.6. The van der Waals surface area contributed by atoms with Gasteiger partial charge >= 0.3 is 0 Å². The molecular weight excluding hydrogens is 475 g/mol. The molecule has 1 unspecified atom stereocenters. The first kappa shape index (κ1) is 23.6. The Kier molecular flexibility index (Phi) is 6.24. The number of Topliss-reactive ketones (excluding diaryl/α,β-unsaturated/α-hetero) is 1. The molecule has 1 aliphatic rings. The lowest BCUT2D eigenvalue weighted by Gasteiger charge is -2.27. The number of amides is 1. The molecule has 180 valence electrons. The zero-order valence-corrected chi connectivity index (χ0v) is 20.6. The Balaban J connectivity index is 1.62. The van der Waals surface area contributed by atoms with E-state index in [1.165, 1.54) is 40.5 Å². The van der Waals surface area contributed by atoms with Crippen LogP contribution in [0.15, 0.2) is 90.2 Å². The maximum atomic E-state index is 13.9. The Morgan fingerprint density at radius 3 is 2.33 bits per heavy atom. The van der Waals surface area contributed by atoms with Crippen molar-refractivity contribution in [2.75, 3.05) is 4.90 Å². The first-order chi connectivity index (χ1) is 17.4. The molecule has 1 aromatic heterocycles. The maximum Gasteiger partial charge on any atom is 0.294 e. The van der Waals surface area contributed by atoms with E-state index in [0.29, 0.717) is 26.8 Å². The summed E-state index contributed by atoms with van der Waals surface area (Å²) in [4.78, 5) is 33.6. The van der Waals surface area contributed by atoms with Crippen LogP contribution in [0.3, 0.4) is 0 Å². The second-order valence-corrected chi connectivity index (χ2v) is 9.54. The number of aryl methyl sites for hydroxylation is 2. The fourth-order valence-electron chi connectivity index (χ4n) is 4.39. The summed E-state index contributed by atoms with van der Waals surface area (Å²) in [5.74, 6) is -2.20. The number of hydrogen-bond donors (Lipinski definition) is 1. The lowest BCUT2D eigenvalue weighted by molar-refractivity contribution is -0.117. The van der Waals surface area contributed by atoms with Gasteiger partial charge in [-0.1, -0.05) is 61.5 Å². The topological polar surface area (TPSA) is 70.5 Å². The third-order valence-corrected chi connectivity index (χ3v) is 7.49. The molecular formula is C29H23FN2O3S. The van der Waals surface area contributed by atoms with Crippen LogP contribution in [0.25, 0.3) is 10.6 Å². The van der Waals surface area contributed by atoms with Crippen molar-refractivity contribution in [1.82, 2.24) is 4.98 Å². The zero-order chi connectivity index (χ0) is 25.4. The predicted molar refractivity (Wildman–Crippen MR) is 139 cm³/mol. The van der Waals surface area contributed by atoms with E-state index in [1.807, 2.05) is 49.4 Å². The average molecular weight is 499 g/mol. The molecule has 3 aromatic carbocycles. The second-order valence-electron chi connectivity index (χ2n) is 8.54. The number of aromatic nitrogens is 1. The third kappa shape index (κ3) is 4.12. The van der Waals surface area contributed by atoms with Crippen molar-refractivity contribution in [1.29, 1.82) is 0 Å². The van der Waals surface area contributed by atoms with Gasteiger partial charge in [0.05, 0.1) is 22.2 Å². The number of carbonyl (C=O) groups excluding carboxylic acids is 2. The molecule has 2 heterocycles. The number of benzene rings is 3. The van der Waals surface area contributed by atoms with Gasteiger partial charge in [0.2, 0.25) is 5.78 Å². The SMILES string of the molecule is CCc1ccc(N2C(=O)C(O)=C(C(=O)c3sc(-c4ccccc4)nc3C)C2c2ccc(F)cc2)cc1. The summed E-state index contributed by atoms with van der Waals surface area (Å²) in [5, 5.41) is 11.7. The molecule has 0 fully saturated rings. The molecule has 36 heavy (non-hydrogen) atoms. The largest absolute Gasteiger partial charge is 0.503 e. The highest BCUT2D eigenvalue weighted by Crippen LogP contribution is 2.43. The van der Waals surface area contributed by atoms with Gasteiger partial charge in [-0.25, -0.2) is 9.37 Å². The highest BCUT2D eigenvalue weighted by Gasteiger charge is 2.45. The summed E-state index contributed by atoms with van der Waals surface area (Å²) < 4.78 is 13.8. The lowest BCUT2D eigenvalue weighted by Crippen LogP contribution is -2.31. The Morgan fingerprint density at radius 2 is 1.69 bits per heavy atom. The molecule has 0 radical (unpaired) electrons. The lowest BCUT2D eigenvalue weighted by atomic mass is 9.94. The summed E-state index contributed by atoms with van der Waals surface area (Å²) in [7, 11) is 0. The van der Waals surface area contributed by atoms with Crippen molar-refractivity contribution in [3.05, 3.63) is 118 Å². The van der Waals surface area contributed by atoms with Crippen molar-refractivity contribution in [3.8, 4) is 10.6 Å². The fraction of sp³-hybridized carbons (Fsp3) is 0.138. The van der Waals surface area contributed by atoms with Gasteiger partial charge in [0.1, 0.15) is 10.8 Å². The summed E-state index contributed by atoms with van der Waals surface area (Å²) in [6.45, 7) is 3.77. The standard InChI is InChI=1S/C29H23FN2O3S/c1-3-18-9-15-22(16-10-18)32-24(19-11-13-21(30)14-12-19)23(26(34)29(32)35)25(33)27-17(2)31-28(36-27)20-7-5-4-6-8-20/h4-16,24,34H,3H2,1-2H3. The first-order valence-electron chi connectivity index (χ1n) is 11.6. The van der Waals surface area contributed by atoms with Crippen molar-refractivity contribution >= 4 is 28.7 Å². The van der Waals surface area contributed by atoms with Crippen LogP contribution < -0.4 is 4.90 Å². The molecule has 1 amide bonds. The Hall–Kier alpha value is -4.10. The highest BCUT2D eigenvalue weighted by molar-refractivity contribution is 7.17. The molecule has 1 atom stereocenters. The number of carbonyl (C=O) groups is 2. The van der Waals surface area contributed by atoms with E-state index in [9.17, 15) is 19.1 Å². The molecule has 7 heteroatoms. The number of anilines is 1. The van der Waals surface area contributed by atoms with Gasteiger partial charge in [0, 0.05) is 11.3 Å². The second kappa shape index (κ2) is 9.51. The van der Waals surface area contributed by atoms with E-state index in [4.69, 9.17) is 0 Å². The van der Waals surface area contributed by atoms with Crippen LogP contribution in [0.1, 0.15) is 39.5 Å². The van der Waals surface area contributed by atoms with E-state index < -0.39 is 29.3 Å². The number of thiazole rings is 1. The smallest absolute Gasteiger partial charge is 0.294 e. The molecule has 4 aromatic rings. The summed E-state index contributed by atoms with van der Waals surface area (Å²) in [6, 6.07) is 21.6. The van der Waals surface area contributed by atoms with Crippen LogP contribution in [0.2, 0.25) is 0 Å². The number of aliphatic hydroxyl groups is 1. The van der Waals surface area contributed by atoms with Gasteiger partial charge in [-0.2, -0.15) is 0 Å². The molecule has 0 saturated carbocycles. The molecule has 0 bridgehead atoms. The average Bonchev–Trinajstić information content (AvgIpc) is 3.42. The van der Waals surface area contributed by atoms with Crippen LogP contribution in [0.4, 0.5) is 10.1 Å². The molecule has 5 rings (SSSR count). The minimum atomic E-state index is -0.917. The van der Waals surface area contributed by atoms with Crippen LogP contribution in [-0.4, -0.2) is 21.8 Å². The number of hydrogen-bond acceptors (Lipinski definition) is 5. The van der Waals surface area contributed by atoms with E-state index in [0.717, 1.165) is 17.5 Å². The molecule has 5 nitrogen and oxygen atoms in total. The van der Waals surface area contributed by atoms with Gasteiger partial charge in [-0.15, -0.1) is 11.3 Å². The Morgan fingerprint density at radius 1 is 1.03 bits per heavy atom. The van der Waals surface area contributed by atoms with Crippen LogP contribution >= 0.6 is 11.3 Å². The van der Waals surface area contributed by atoms with Crippen molar-refractivity contribution in [2.24, 2.45) is 0 Å². The minimum Gasteiger partial charge on any atom is -0.503 e. The van der Waals surface area contributed by atoms with Gasteiger partial charge in [0.25, 0.3) is 5.91 Å². The van der Waals surface area contributed by atoms with Gasteiger partial charge in [0.15, 0.2) is 5.76 Å². The third-order valence-electron chi connectivity index (χ3n) is 6.28. The van der Waals surface area contributed by atoms with Crippen LogP contribution in [-0.2, 0) is 11.2 Å². The van der Waals surface area contributed by atoms with E-state index in [1.54, 1.807) is 19.1 Å². The number of aliphatic hydroxyl groups excluding tert-OH is 1. The van der Waals surface area contributed by atoms with Crippen LogP contribution in [0, 0.1) is 12.7 Å². The van der Waals surface area contributed by atoms with E-state index in [-0.39, 0.29) is 5.57 Å². The Labute approximate surface area is 212 Å². The quantitative estimate of drug-likeness (QED) is 0.304. The van der Waals surface area contributed by atoms with Gasteiger partial charge < -0.3 is 5.11 Å².